The van der Waals surface area contributed by atoms with Gasteiger partial charge in [0, 0.05) is 57.2 Å². The highest BCUT2D eigenvalue weighted by Gasteiger charge is 2.36. The predicted molar refractivity (Wildman–Crippen MR) is 128 cm³/mol. The Hall–Kier alpha value is -3.36. The summed E-state index contributed by atoms with van der Waals surface area (Å²) >= 11 is 0. The molecule has 2 aliphatic heterocycles. The molecule has 1 aromatic heterocycles. The Labute approximate surface area is 199 Å². The first kappa shape index (κ1) is 22.4. The second kappa shape index (κ2) is 9.87. The number of likely N-dealkylation sites (tertiary alicyclic amines) is 1. The van der Waals surface area contributed by atoms with Crippen LogP contribution in [0.25, 0.3) is 0 Å². The number of urea groups is 1. The van der Waals surface area contributed by atoms with Crippen LogP contribution in [-0.2, 0) is 11.3 Å². The van der Waals surface area contributed by atoms with E-state index in [1.54, 1.807) is 11.1 Å². The zero-order valence-electron chi connectivity index (χ0n) is 19.3. The third-order valence-corrected chi connectivity index (χ3v) is 6.79. The summed E-state index contributed by atoms with van der Waals surface area (Å²) in [5.41, 5.74) is 1.99. The van der Waals surface area contributed by atoms with Gasteiger partial charge in [-0.2, -0.15) is 0 Å². The quantitative estimate of drug-likeness (QED) is 0.684. The molecule has 3 aliphatic rings. The number of amides is 3. The van der Waals surface area contributed by atoms with Gasteiger partial charge in [0.05, 0.1) is 0 Å². The van der Waals surface area contributed by atoms with E-state index < -0.39 is 0 Å². The van der Waals surface area contributed by atoms with Gasteiger partial charge >= 0.3 is 6.03 Å². The molecule has 2 saturated heterocycles. The molecule has 2 N–H and O–H groups in total. The van der Waals surface area contributed by atoms with Crippen LogP contribution >= 0.6 is 0 Å². The van der Waals surface area contributed by atoms with E-state index in [-0.39, 0.29) is 23.8 Å². The molecule has 34 heavy (non-hydrogen) atoms. The van der Waals surface area contributed by atoms with Crippen LogP contribution in [0.5, 0.6) is 0 Å². The fourth-order valence-corrected chi connectivity index (χ4v) is 4.68. The molecule has 3 fully saturated rings. The Kier molecular flexibility index (Phi) is 6.51. The minimum atomic E-state index is -0.369. The molecular weight excluding hydrogens is 435 g/mol. The van der Waals surface area contributed by atoms with E-state index in [9.17, 15) is 14.0 Å². The Morgan fingerprint density at radius 1 is 0.971 bits per heavy atom. The van der Waals surface area contributed by atoms with Crippen molar-refractivity contribution in [3.8, 4) is 0 Å². The van der Waals surface area contributed by atoms with Crippen molar-refractivity contribution >= 4 is 23.4 Å². The van der Waals surface area contributed by atoms with E-state index in [1.807, 2.05) is 24.3 Å². The van der Waals surface area contributed by atoms with Gasteiger partial charge in [0.2, 0.25) is 5.91 Å². The Morgan fingerprint density at radius 3 is 2.44 bits per heavy atom. The average molecular weight is 467 g/mol. The zero-order chi connectivity index (χ0) is 23.5. The summed E-state index contributed by atoms with van der Waals surface area (Å²) in [6.07, 6.45) is 5.41. The van der Waals surface area contributed by atoms with Gasteiger partial charge in [-0.25, -0.2) is 14.2 Å². The Balaban J connectivity index is 1.13. The molecule has 1 aromatic carbocycles. The van der Waals surface area contributed by atoms with Gasteiger partial charge in [0.1, 0.15) is 17.7 Å². The summed E-state index contributed by atoms with van der Waals surface area (Å²) < 4.78 is 13.2. The molecule has 3 heterocycles. The van der Waals surface area contributed by atoms with E-state index in [2.05, 4.69) is 25.4 Å². The molecule has 1 atom stereocenters. The molecule has 9 heteroatoms. The zero-order valence-corrected chi connectivity index (χ0v) is 19.3. The molecule has 1 aliphatic carbocycles. The highest BCUT2D eigenvalue weighted by molar-refractivity contribution is 5.88. The van der Waals surface area contributed by atoms with Crippen molar-refractivity contribution in [3.63, 3.8) is 0 Å². The SMILES string of the molecule is O=C(NC1CC1)C1CCCN1C(=O)NCc1ccnc(N2CCN(c3ccc(F)cc3)CC2)c1. The normalized spacial score (nSPS) is 20.4. The van der Waals surface area contributed by atoms with Crippen molar-refractivity contribution in [1.82, 2.24) is 20.5 Å². The smallest absolute Gasteiger partial charge is 0.318 e. The molecule has 0 spiro atoms. The van der Waals surface area contributed by atoms with Crippen LogP contribution in [0.15, 0.2) is 42.6 Å². The van der Waals surface area contributed by atoms with E-state index in [4.69, 9.17) is 0 Å². The minimum absolute atomic E-state index is 0.0267. The van der Waals surface area contributed by atoms with Crippen molar-refractivity contribution in [2.24, 2.45) is 0 Å². The number of carbonyl (C=O) groups is 2. The number of aromatic nitrogens is 1. The molecule has 0 bridgehead atoms. The second-order valence-electron chi connectivity index (χ2n) is 9.27. The van der Waals surface area contributed by atoms with Crippen LogP contribution in [0.2, 0.25) is 0 Å². The number of hydrogen-bond donors (Lipinski definition) is 2. The number of piperazine rings is 1. The second-order valence-corrected chi connectivity index (χ2v) is 9.27. The van der Waals surface area contributed by atoms with Crippen LogP contribution in [0, 0.1) is 5.82 Å². The Bertz CT molecular complexity index is 1020. The number of halogens is 1. The monoisotopic (exact) mass is 466 g/mol. The van der Waals surface area contributed by atoms with E-state index in [1.165, 1.54) is 12.1 Å². The van der Waals surface area contributed by atoms with Crippen LogP contribution in [-0.4, -0.2) is 66.6 Å². The first-order valence-electron chi connectivity index (χ1n) is 12.1. The maximum Gasteiger partial charge on any atom is 0.318 e. The minimum Gasteiger partial charge on any atom is -0.368 e. The summed E-state index contributed by atoms with van der Waals surface area (Å²) in [7, 11) is 0. The predicted octanol–water partition coefficient (Wildman–Crippen LogP) is 2.50. The highest BCUT2D eigenvalue weighted by atomic mass is 19.1. The number of benzene rings is 1. The lowest BCUT2D eigenvalue weighted by molar-refractivity contribution is -0.124. The number of nitrogens with zero attached hydrogens (tertiary/aromatic N) is 4. The van der Waals surface area contributed by atoms with E-state index in [0.29, 0.717) is 19.1 Å². The van der Waals surface area contributed by atoms with Crippen molar-refractivity contribution in [2.75, 3.05) is 42.5 Å². The third-order valence-electron chi connectivity index (χ3n) is 6.79. The van der Waals surface area contributed by atoms with Gasteiger partial charge < -0.3 is 25.3 Å². The highest BCUT2D eigenvalue weighted by Crippen LogP contribution is 2.23. The first-order chi connectivity index (χ1) is 16.6. The number of pyridine rings is 1. The summed E-state index contributed by atoms with van der Waals surface area (Å²) in [5.74, 6) is 0.631. The summed E-state index contributed by atoms with van der Waals surface area (Å²) in [6, 6.07) is 10.3. The third kappa shape index (κ3) is 5.24. The van der Waals surface area contributed by atoms with Crippen LogP contribution < -0.4 is 20.4 Å². The van der Waals surface area contributed by atoms with E-state index in [0.717, 1.165) is 68.9 Å². The van der Waals surface area contributed by atoms with Crippen LogP contribution in [0.3, 0.4) is 0 Å². The lowest BCUT2D eigenvalue weighted by Crippen LogP contribution is -2.49. The lowest BCUT2D eigenvalue weighted by atomic mass is 10.2. The largest absolute Gasteiger partial charge is 0.368 e. The first-order valence-corrected chi connectivity index (χ1v) is 12.1. The van der Waals surface area contributed by atoms with Gasteiger partial charge in [0.25, 0.3) is 0 Å². The van der Waals surface area contributed by atoms with Gasteiger partial charge in [-0.15, -0.1) is 0 Å². The van der Waals surface area contributed by atoms with Crippen LogP contribution in [0.4, 0.5) is 20.7 Å². The number of anilines is 2. The molecule has 1 unspecified atom stereocenters. The fourth-order valence-electron chi connectivity index (χ4n) is 4.68. The molecule has 8 nitrogen and oxygen atoms in total. The lowest BCUT2D eigenvalue weighted by Gasteiger charge is -2.36. The maximum atomic E-state index is 13.2. The standard InChI is InChI=1S/C25H31FN6O2/c26-19-3-7-21(8-4-19)30-12-14-31(15-13-30)23-16-18(9-10-27-23)17-28-25(34)32-11-1-2-22(32)24(33)29-20-5-6-20/h3-4,7-10,16,20,22H,1-2,5-6,11-15,17H2,(H,28,34)(H,29,33). The van der Waals surface area contributed by atoms with E-state index >= 15 is 0 Å². The average Bonchev–Trinajstić information content (AvgIpc) is 3.54. The maximum absolute atomic E-state index is 13.2. The van der Waals surface area contributed by atoms with Gasteiger partial charge in [0.15, 0.2) is 0 Å². The van der Waals surface area contributed by atoms with Gasteiger partial charge in [-0.3, -0.25) is 4.79 Å². The molecular formula is C25H31FN6O2. The number of hydrogen-bond acceptors (Lipinski definition) is 5. The molecule has 3 amide bonds. The molecule has 1 saturated carbocycles. The van der Waals surface area contributed by atoms with Crippen molar-refractivity contribution in [2.45, 2.75) is 44.3 Å². The topological polar surface area (TPSA) is 80.8 Å². The Morgan fingerprint density at radius 2 is 1.71 bits per heavy atom. The summed E-state index contributed by atoms with van der Waals surface area (Å²) in [4.78, 5) is 35.9. The molecule has 2 aromatic rings. The summed E-state index contributed by atoms with van der Waals surface area (Å²) in [6.45, 7) is 4.27. The van der Waals surface area contributed by atoms with Gasteiger partial charge in [-0.1, -0.05) is 0 Å². The number of carbonyl (C=O) groups excluding carboxylic acids is 2. The number of nitrogens with one attached hydrogen (secondary N) is 2. The fraction of sp³-hybridized carbons (Fsp3) is 0.480. The van der Waals surface area contributed by atoms with Gasteiger partial charge in [-0.05, 0) is 67.6 Å². The van der Waals surface area contributed by atoms with Crippen LogP contribution in [0.1, 0.15) is 31.2 Å². The molecule has 0 radical (unpaired) electrons. The summed E-state index contributed by atoms with van der Waals surface area (Å²) in [5, 5.41) is 6.00. The van der Waals surface area contributed by atoms with Crippen molar-refractivity contribution in [3.05, 3.63) is 54.0 Å². The van der Waals surface area contributed by atoms with Crippen molar-refractivity contribution in [1.29, 1.82) is 0 Å². The molecule has 180 valence electrons. The number of rotatable bonds is 6. The van der Waals surface area contributed by atoms with Crippen molar-refractivity contribution < 1.29 is 14.0 Å². The molecule has 5 rings (SSSR count).